The van der Waals surface area contributed by atoms with Gasteiger partial charge in [0.05, 0.1) is 23.4 Å². The van der Waals surface area contributed by atoms with E-state index in [1.54, 1.807) is 14.0 Å². The monoisotopic (exact) mass is 564 g/mol. The average molecular weight is 565 g/mol. The van der Waals surface area contributed by atoms with Crippen LogP contribution in [0, 0.1) is 22.5 Å². The van der Waals surface area contributed by atoms with Crippen molar-refractivity contribution in [1.82, 2.24) is 20.1 Å². The predicted octanol–water partition coefficient (Wildman–Crippen LogP) is 2.88. The van der Waals surface area contributed by atoms with Gasteiger partial charge < -0.3 is 24.6 Å². The third-order valence-electron chi connectivity index (χ3n) is 6.67. The number of nitrogens with one attached hydrogen (secondary N) is 4. The number of hydrogen-bond acceptors (Lipinski definition) is 9. The molecular formula is C25H30F2N6O5S. The maximum absolute atomic E-state index is 13.9. The van der Waals surface area contributed by atoms with E-state index >= 15 is 0 Å². The molecule has 1 aromatic carbocycles. The quantitative estimate of drug-likeness (QED) is 0.196. The molecule has 14 heteroatoms. The molecule has 0 bridgehead atoms. The number of aromatic hydroxyl groups is 1. The number of thioether (sulfide) groups is 1. The number of amides is 2. The van der Waals surface area contributed by atoms with Gasteiger partial charge in [-0.15, -0.1) is 0 Å². The van der Waals surface area contributed by atoms with Crippen LogP contribution in [0.4, 0.5) is 13.6 Å². The number of hydrogen-bond donors (Lipinski definition) is 5. The van der Waals surface area contributed by atoms with Crippen molar-refractivity contribution >= 4 is 33.8 Å². The maximum Gasteiger partial charge on any atom is 0.409 e. The summed E-state index contributed by atoms with van der Waals surface area (Å²) in [5, 5.41) is 29.5. The molecule has 11 nitrogen and oxygen atoms in total. The minimum Gasteiger partial charge on any atom is -0.503 e. The highest BCUT2D eigenvalue weighted by Gasteiger charge is 2.42. The van der Waals surface area contributed by atoms with E-state index in [0.717, 1.165) is 12.3 Å². The lowest BCUT2D eigenvalue weighted by molar-refractivity contribution is 0.00730. The summed E-state index contributed by atoms with van der Waals surface area (Å²) in [7, 11) is 2.97. The van der Waals surface area contributed by atoms with Gasteiger partial charge in [0.1, 0.15) is 16.7 Å². The molecule has 0 aliphatic carbocycles. The number of nitrogens with zero attached hydrogens (tertiary/aromatic N) is 2. The zero-order chi connectivity index (χ0) is 28.9. The van der Waals surface area contributed by atoms with Crippen molar-refractivity contribution in [3.63, 3.8) is 0 Å². The number of ether oxygens (including phenoxy) is 1. The number of benzene rings is 1. The molecule has 2 amide bonds. The number of H-pyrrole nitrogens is 1. The van der Waals surface area contributed by atoms with Gasteiger partial charge in [0.2, 0.25) is 5.43 Å². The summed E-state index contributed by atoms with van der Waals surface area (Å²) in [5.74, 6) is -3.12. The zero-order valence-corrected chi connectivity index (χ0v) is 22.5. The van der Waals surface area contributed by atoms with Crippen LogP contribution in [0.2, 0.25) is 0 Å². The molecule has 5 N–H and O–H groups in total. The van der Waals surface area contributed by atoms with Crippen molar-refractivity contribution in [2.24, 2.45) is 0 Å². The lowest BCUT2D eigenvalue weighted by atomic mass is 9.94. The summed E-state index contributed by atoms with van der Waals surface area (Å²) in [6.07, 6.45) is 1.15. The van der Waals surface area contributed by atoms with Crippen molar-refractivity contribution in [2.75, 3.05) is 33.8 Å². The minimum absolute atomic E-state index is 0.0509. The second-order valence-electron chi connectivity index (χ2n) is 8.81. The summed E-state index contributed by atoms with van der Waals surface area (Å²) in [5.41, 5.74) is -2.43. The Labute approximate surface area is 227 Å². The molecule has 1 aliphatic heterocycles. The Kier molecular flexibility index (Phi) is 9.45. The summed E-state index contributed by atoms with van der Waals surface area (Å²) in [4.78, 5) is 43.9. The van der Waals surface area contributed by atoms with Crippen molar-refractivity contribution in [1.29, 1.82) is 10.8 Å². The van der Waals surface area contributed by atoms with Gasteiger partial charge in [0.25, 0.3) is 5.91 Å². The van der Waals surface area contributed by atoms with E-state index in [0.29, 0.717) is 43.8 Å². The van der Waals surface area contributed by atoms with Crippen molar-refractivity contribution in [3.05, 3.63) is 63.1 Å². The fourth-order valence-electron chi connectivity index (χ4n) is 4.52. The highest BCUT2D eigenvalue weighted by molar-refractivity contribution is 8.26. The van der Waals surface area contributed by atoms with Crippen LogP contribution in [0.5, 0.6) is 5.75 Å². The third kappa shape index (κ3) is 6.28. The van der Waals surface area contributed by atoms with Crippen LogP contribution in [-0.4, -0.2) is 81.4 Å². The van der Waals surface area contributed by atoms with Gasteiger partial charge in [-0.25, -0.2) is 13.6 Å². The van der Waals surface area contributed by atoms with Crippen LogP contribution in [0.1, 0.15) is 41.4 Å². The number of rotatable bonds is 7. The first-order chi connectivity index (χ1) is 18.5. The SMILES string of the molecule is CCN(C(=O)c1[nH]cc(C(=N)SC(=N)Cc2ccc(F)cc2F)c(=O)c1O)C1(NC)CCN(C(=O)OC)CC1. The Morgan fingerprint density at radius 1 is 1.28 bits per heavy atom. The number of aromatic amines is 1. The number of carbonyl (C=O) groups excluding carboxylic acids is 2. The molecule has 0 radical (unpaired) electrons. The van der Waals surface area contributed by atoms with E-state index in [4.69, 9.17) is 15.6 Å². The van der Waals surface area contributed by atoms with E-state index < -0.39 is 45.5 Å². The summed E-state index contributed by atoms with van der Waals surface area (Å²) in [6.45, 7) is 2.61. The van der Waals surface area contributed by atoms with Crippen molar-refractivity contribution in [2.45, 2.75) is 31.8 Å². The average Bonchev–Trinajstić information content (AvgIpc) is 2.91. The van der Waals surface area contributed by atoms with E-state index in [-0.39, 0.29) is 34.8 Å². The van der Waals surface area contributed by atoms with Crippen LogP contribution < -0.4 is 10.7 Å². The van der Waals surface area contributed by atoms with Gasteiger partial charge in [-0.2, -0.15) is 0 Å². The Balaban J connectivity index is 1.78. The molecular weight excluding hydrogens is 534 g/mol. The van der Waals surface area contributed by atoms with Gasteiger partial charge in [-0.1, -0.05) is 17.8 Å². The normalized spacial score (nSPS) is 14.5. The molecule has 2 aromatic rings. The molecule has 1 fully saturated rings. The number of carbonyl (C=O) groups is 2. The third-order valence-corrected chi connectivity index (χ3v) is 7.49. The molecule has 210 valence electrons. The van der Waals surface area contributed by atoms with Crippen LogP contribution in [0.25, 0.3) is 0 Å². The molecule has 0 unspecified atom stereocenters. The van der Waals surface area contributed by atoms with Crippen LogP contribution in [0.15, 0.2) is 29.2 Å². The molecule has 1 aliphatic rings. The van der Waals surface area contributed by atoms with E-state index in [1.165, 1.54) is 23.0 Å². The lowest BCUT2D eigenvalue weighted by Crippen LogP contribution is -2.64. The standard InChI is InChI=1S/C25H30F2N6O5S/c1-4-33(25(30-2)7-9-32(10-8-25)24(37)38-3)23(36)19-21(35)20(34)16(13-31-19)22(29)39-18(28)11-14-5-6-15(26)12-17(14)27/h5-6,12-13,28-30,35H,4,7-11H2,1-3H3,(H,31,34). The fourth-order valence-corrected chi connectivity index (χ4v) is 5.26. The molecule has 3 rings (SSSR count). The molecule has 1 aromatic heterocycles. The first-order valence-electron chi connectivity index (χ1n) is 12.0. The molecule has 2 heterocycles. The molecule has 0 spiro atoms. The Morgan fingerprint density at radius 2 is 1.95 bits per heavy atom. The largest absolute Gasteiger partial charge is 0.503 e. The van der Waals surface area contributed by atoms with Gasteiger partial charge in [-0.3, -0.25) is 25.7 Å². The summed E-state index contributed by atoms with van der Waals surface area (Å²) in [6, 6.07) is 2.94. The predicted molar refractivity (Wildman–Crippen MR) is 143 cm³/mol. The second-order valence-corrected chi connectivity index (χ2v) is 9.92. The van der Waals surface area contributed by atoms with Gasteiger partial charge >= 0.3 is 6.09 Å². The highest BCUT2D eigenvalue weighted by Crippen LogP contribution is 2.29. The van der Waals surface area contributed by atoms with Crippen molar-refractivity contribution in [3.8, 4) is 5.75 Å². The molecule has 0 saturated carbocycles. The molecule has 1 saturated heterocycles. The van der Waals surface area contributed by atoms with Gasteiger partial charge in [-0.05, 0) is 25.6 Å². The first kappa shape index (κ1) is 29.8. The van der Waals surface area contributed by atoms with Crippen molar-refractivity contribution < 1.29 is 28.2 Å². The number of likely N-dealkylation sites (tertiary alicyclic amines) is 1. The van der Waals surface area contributed by atoms with Crippen LogP contribution >= 0.6 is 11.8 Å². The Bertz CT molecular complexity index is 1340. The van der Waals surface area contributed by atoms with Gasteiger partial charge in [0.15, 0.2) is 11.4 Å². The molecule has 0 atom stereocenters. The Morgan fingerprint density at radius 3 is 2.51 bits per heavy atom. The van der Waals surface area contributed by atoms with E-state index in [2.05, 4.69) is 10.3 Å². The second kappa shape index (κ2) is 12.4. The van der Waals surface area contributed by atoms with Crippen LogP contribution in [0.3, 0.4) is 0 Å². The fraction of sp³-hybridized carbons (Fsp3) is 0.400. The maximum atomic E-state index is 13.9. The van der Waals surface area contributed by atoms with E-state index in [9.17, 15) is 28.3 Å². The number of piperidine rings is 1. The summed E-state index contributed by atoms with van der Waals surface area (Å²) < 4.78 is 31.8. The number of halogens is 2. The topological polar surface area (TPSA) is 163 Å². The number of aromatic nitrogens is 1. The number of methoxy groups -OCH3 is 1. The first-order valence-corrected chi connectivity index (χ1v) is 12.9. The summed E-state index contributed by atoms with van der Waals surface area (Å²) >= 11 is 0.566. The van der Waals surface area contributed by atoms with Gasteiger partial charge in [0, 0.05) is 51.2 Å². The van der Waals surface area contributed by atoms with E-state index in [1.807, 2.05) is 0 Å². The lowest BCUT2D eigenvalue weighted by Gasteiger charge is -2.48. The smallest absolute Gasteiger partial charge is 0.409 e. The minimum atomic E-state index is -0.981. The zero-order valence-electron chi connectivity index (χ0n) is 21.7. The van der Waals surface area contributed by atoms with Crippen LogP contribution in [-0.2, 0) is 11.2 Å². The molecule has 39 heavy (non-hydrogen) atoms. The Hall–Kier alpha value is -3.78. The number of pyridine rings is 1. The highest BCUT2D eigenvalue weighted by atomic mass is 32.2.